The minimum atomic E-state index is -4.15. The maximum Gasteiger partial charge on any atom is 0.264 e. The van der Waals surface area contributed by atoms with E-state index in [9.17, 15) is 18.0 Å². The summed E-state index contributed by atoms with van der Waals surface area (Å²) in [6, 6.07) is 17.1. The predicted octanol–water partition coefficient (Wildman–Crippen LogP) is 5.75. The van der Waals surface area contributed by atoms with Crippen molar-refractivity contribution in [3.05, 3.63) is 93.5 Å². The molecule has 3 rings (SSSR count). The lowest BCUT2D eigenvalue weighted by Gasteiger charge is -2.32. The summed E-state index contributed by atoms with van der Waals surface area (Å²) < 4.78 is 28.9. The van der Waals surface area contributed by atoms with Gasteiger partial charge >= 0.3 is 0 Å². The van der Waals surface area contributed by atoms with E-state index in [1.807, 2.05) is 20.8 Å². The molecule has 39 heavy (non-hydrogen) atoms. The molecule has 0 aliphatic heterocycles. The van der Waals surface area contributed by atoms with Crippen molar-refractivity contribution < 1.29 is 18.0 Å². The summed E-state index contributed by atoms with van der Waals surface area (Å²) in [7, 11) is -4.15. The van der Waals surface area contributed by atoms with E-state index in [2.05, 4.69) is 5.32 Å². The highest BCUT2D eigenvalue weighted by Crippen LogP contribution is 2.29. The van der Waals surface area contributed by atoms with Gasteiger partial charge in [0.25, 0.3) is 10.0 Å². The molecule has 0 spiro atoms. The average Bonchev–Trinajstić information content (AvgIpc) is 2.86. The smallest absolute Gasteiger partial charge is 0.264 e. The minimum absolute atomic E-state index is 0.0464. The summed E-state index contributed by atoms with van der Waals surface area (Å²) in [5.74, 6) is -0.885. The number of carbonyl (C=O) groups is 2. The van der Waals surface area contributed by atoms with Gasteiger partial charge < -0.3 is 10.2 Å². The second kappa shape index (κ2) is 12.9. The monoisotopic (exact) mass is 589 g/mol. The molecule has 208 valence electrons. The van der Waals surface area contributed by atoms with Crippen molar-refractivity contribution in [2.45, 2.75) is 58.1 Å². The molecule has 0 heterocycles. The predicted molar refractivity (Wildman–Crippen MR) is 157 cm³/mol. The largest absolute Gasteiger partial charge is 0.352 e. The minimum Gasteiger partial charge on any atom is -0.352 e. The molecule has 0 saturated carbocycles. The molecule has 0 bridgehead atoms. The molecule has 2 amide bonds. The first-order valence-corrected chi connectivity index (χ1v) is 14.7. The normalized spacial score (nSPS) is 12.2. The van der Waals surface area contributed by atoms with E-state index in [4.69, 9.17) is 23.2 Å². The number of anilines is 1. The number of rotatable bonds is 10. The second-order valence-corrected chi connectivity index (χ2v) is 12.5. The molecule has 3 aromatic carbocycles. The first-order chi connectivity index (χ1) is 18.3. The van der Waals surface area contributed by atoms with Crippen molar-refractivity contribution in [2.24, 2.45) is 0 Å². The highest BCUT2D eigenvalue weighted by atomic mass is 35.5. The maximum atomic E-state index is 13.9. The Morgan fingerprint density at radius 3 is 2.03 bits per heavy atom. The Balaban J connectivity index is 2.06. The van der Waals surface area contributed by atoms with Crippen LogP contribution in [0.2, 0.25) is 10.0 Å². The standard InChI is InChI=1S/C29H33Cl2N3O4S/c1-19(2)32-29(36)22(5)33(17-23-8-10-24(30)11-9-23)28(35)18-34(27-15-12-25(31)16-21(27)4)39(37,38)26-13-6-20(3)7-14-26/h6-16,19,22H,17-18H2,1-5H3,(H,32,36)/t22-/m0/s1. The van der Waals surface area contributed by atoms with Crippen LogP contribution >= 0.6 is 23.2 Å². The van der Waals surface area contributed by atoms with Gasteiger partial charge in [-0.2, -0.15) is 0 Å². The highest BCUT2D eigenvalue weighted by Gasteiger charge is 2.33. The zero-order valence-electron chi connectivity index (χ0n) is 22.6. The molecule has 0 fully saturated rings. The fourth-order valence-electron chi connectivity index (χ4n) is 4.02. The number of sulfonamides is 1. The van der Waals surface area contributed by atoms with Crippen LogP contribution in [-0.2, 0) is 26.2 Å². The molecule has 0 saturated heterocycles. The van der Waals surface area contributed by atoms with Gasteiger partial charge in [0.05, 0.1) is 10.6 Å². The van der Waals surface area contributed by atoms with E-state index in [1.54, 1.807) is 68.4 Å². The lowest BCUT2D eigenvalue weighted by atomic mass is 10.1. The summed E-state index contributed by atoms with van der Waals surface area (Å²) in [5, 5.41) is 3.81. The van der Waals surface area contributed by atoms with Crippen molar-refractivity contribution in [3.63, 3.8) is 0 Å². The molecular weight excluding hydrogens is 557 g/mol. The first-order valence-electron chi connectivity index (χ1n) is 12.5. The van der Waals surface area contributed by atoms with Gasteiger partial charge in [-0.05, 0) is 88.2 Å². The summed E-state index contributed by atoms with van der Waals surface area (Å²) >= 11 is 12.2. The molecule has 0 aliphatic rings. The molecular formula is C29H33Cl2N3O4S. The zero-order chi connectivity index (χ0) is 28.9. The third-order valence-electron chi connectivity index (χ3n) is 6.18. The molecule has 0 radical (unpaired) electrons. The van der Waals surface area contributed by atoms with Crippen molar-refractivity contribution >= 4 is 50.7 Å². The summed E-state index contributed by atoms with van der Waals surface area (Å²) in [6.07, 6.45) is 0. The number of nitrogens with one attached hydrogen (secondary N) is 1. The van der Waals surface area contributed by atoms with Gasteiger partial charge in [0, 0.05) is 22.6 Å². The molecule has 0 unspecified atom stereocenters. The van der Waals surface area contributed by atoms with Gasteiger partial charge in [-0.3, -0.25) is 13.9 Å². The van der Waals surface area contributed by atoms with Crippen molar-refractivity contribution in [1.29, 1.82) is 0 Å². The first kappa shape index (κ1) is 30.5. The quantitative estimate of drug-likeness (QED) is 0.326. The molecule has 1 atom stereocenters. The van der Waals surface area contributed by atoms with Crippen LogP contribution in [0.15, 0.2) is 71.6 Å². The van der Waals surface area contributed by atoms with Crippen LogP contribution in [0.25, 0.3) is 0 Å². The number of hydrogen-bond donors (Lipinski definition) is 1. The number of nitrogens with zero attached hydrogens (tertiary/aromatic N) is 2. The van der Waals surface area contributed by atoms with Gasteiger partial charge in [-0.25, -0.2) is 8.42 Å². The van der Waals surface area contributed by atoms with Gasteiger partial charge in [0.1, 0.15) is 12.6 Å². The lowest BCUT2D eigenvalue weighted by Crippen LogP contribution is -2.52. The molecule has 0 aliphatic carbocycles. The molecule has 1 N–H and O–H groups in total. The zero-order valence-corrected chi connectivity index (χ0v) is 24.9. The fraction of sp³-hybridized carbons (Fsp3) is 0.310. The van der Waals surface area contributed by atoms with Crippen molar-refractivity contribution in [3.8, 4) is 0 Å². The number of aryl methyl sites for hydroxylation is 2. The van der Waals surface area contributed by atoms with Gasteiger partial charge in [0.15, 0.2) is 0 Å². The Kier molecular flexibility index (Phi) is 10.0. The van der Waals surface area contributed by atoms with Crippen LogP contribution in [0.3, 0.4) is 0 Å². The third kappa shape index (κ3) is 7.75. The van der Waals surface area contributed by atoms with E-state index in [-0.39, 0.29) is 23.4 Å². The number of carbonyl (C=O) groups excluding carboxylic acids is 2. The van der Waals surface area contributed by atoms with E-state index in [1.165, 1.54) is 17.0 Å². The van der Waals surface area contributed by atoms with Crippen LogP contribution in [0.4, 0.5) is 5.69 Å². The van der Waals surface area contributed by atoms with Crippen molar-refractivity contribution in [1.82, 2.24) is 10.2 Å². The summed E-state index contributed by atoms with van der Waals surface area (Å²) in [4.78, 5) is 28.3. The number of benzene rings is 3. The number of amides is 2. The van der Waals surface area contributed by atoms with Gasteiger partial charge in [0.2, 0.25) is 11.8 Å². The maximum absolute atomic E-state index is 13.9. The number of halogens is 2. The fourth-order valence-corrected chi connectivity index (χ4v) is 5.86. The molecule has 3 aromatic rings. The lowest BCUT2D eigenvalue weighted by molar-refractivity contribution is -0.139. The molecule has 10 heteroatoms. The topological polar surface area (TPSA) is 86.8 Å². The van der Waals surface area contributed by atoms with Crippen molar-refractivity contribution in [2.75, 3.05) is 10.8 Å². The van der Waals surface area contributed by atoms with E-state index in [0.717, 1.165) is 15.4 Å². The van der Waals surface area contributed by atoms with Crippen LogP contribution in [0, 0.1) is 13.8 Å². The summed E-state index contributed by atoms with van der Waals surface area (Å²) in [6.45, 7) is 8.43. The van der Waals surface area contributed by atoms with E-state index in [0.29, 0.717) is 21.3 Å². The Morgan fingerprint density at radius 1 is 0.872 bits per heavy atom. The van der Waals surface area contributed by atoms with Crippen LogP contribution in [-0.4, -0.2) is 43.8 Å². The SMILES string of the molecule is Cc1ccc(S(=O)(=O)N(CC(=O)N(Cc2ccc(Cl)cc2)[C@@H](C)C(=O)NC(C)C)c2ccc(Cl)cc2C)cc1. The Bertz CT molecular complexity index is 1430. The molecule has 7 nitrogen and oxygen atoms in total. The molecule has 0 aromatic heterocycles. The second-order valence-electron chi connectivity index (χ2n) is 9.74. The third-order valence-corrected chi connectivity index (χ3v) is 8.44. The summed E-state index contributed by atoms with van der Waals surface area (Å²) in [5.41, 5.74) is 2.55. The van der Waals surface area contributed by atoms with Crippen LogP contribution in [0.1, 0.15) is 37.5 Å². The van der Waals surface area contributed by atoms with E-state index < -0.39 is 28.5 Å². The van der Waals surface area contributed by atoms with Crippen LogP contribution in [0.5, 0.6) is 0 Å². The number of hydrogen-bond acceptors (Lipinski definition) is 4. The van der Waals surface area contributed by atoms with Gasteiger partial charge in [-0.15, -0.1) is 0 Å². The average molecular weight is 591 g/mol. The van der Waals surface area contributed by atoms with Crippen LogP contribution < -0.4 is 9.62 Å². The Hall–Kier alpha value is -3.07. The van der Waals surface area contributed by atoms with E-state index >= 15 is 0 Å². The highest BCUT2D eigenvalue weighted by molar-refractivity contribution is 7.92. The van der Waals surface area contributed by atoms with Gasteiger partial charge in [-0.1, -0.05) is 53.0 Å². The Labute approximate surface area is 240 Å². The Morgan fingerprint density at radius 2 is 1.46 bits per heavy atom.